The highest BCUT2D eigenvalue weighted by atomic mass is 16.5. The van der Waals surface area contributed by atoms with Gasteiger partial charge in [0.15, 0.2) is 6.10 Å². The number of aliphatic carboxylic acids is 1. The van der Waals surface area contributed by atoms with Crippen molar-refractivity contribution in [3.63, 3.8) is 0 Å². The molecule has 0 unspecified atom stereocenters. The molecule has 2 rings (SSSR count). The molecule has 30 heavy (non-hydrogen) atoms. The third-order valence-electron chi connectivity index (χ3n) is 5.61. The summed E-state index contributed by atoms with van der Waals surface area (Å²) in [4.78, 5) is 26.6. The molecule has 1 fully saturated rings. The molecule has 8 heteroatoms. The van der Waals surface area contributed by atoms with Gasteiger partial charge in [0.25, 0.3) is 5.91 Å². The molecule has 2 N–H and O–H groups in total. The number of hydrogen-bond donors (Lipinski definition) is 2. The maximum atomic E-state index is 13.3. The van der Waals surface area contributed by atoms with Gasteiger partial charge in [0.05, 0.1) is 24.5 Å². The van der Waals surface area contributed by atoms with E-state index in [-0.39, 0.29) is 18.8 Å². The number of rotatable bonds is 8. The fourth-order valence-electron chi connectivity index (χ4n) is 3.26. The second kappa shape index (κ2) is 8.91. The van der Waals surface area contributed by atoms with Crippen LogP contribution in [0.2, 0.25) is 0 Å². The Labute approximate surface area is 177 Å². The number of carbonyl (C=O) groups excluding carboxylic acids is 1. The monoisotopic (exact) mass is 423 g/mol. The smallest absolute Gasteiger partial charge is 0.339 e. The number of nitrogens with zero attached hydrogens (tertiary/aromatic N) is 1. The molecule has 1 saturated heterocycles. The maximum absolute atomic E-state index is 13.3. The fourth-order valence-corrected chi connectivity index (χ4v) is 3.26. The molecule has 2 atom stereocenters. The summed E-state index contributed by atoms with van der Waals surface area (Å²) in [6.45, 7) is 9.28. The van der Waals surface area contributed by atoms with Gasteiger partial charge >= 0.3 is 5.97 Å². The van der Waals surface area contributed by atoms with E-state index in [0.717, 1.165) is 0 Å². The quantitative estimate of drug-likeness (QED) is 0.662. The van der Waals surface area contributed by atoms with Crippen LogP contribution < -0.4 is 9.64 Å². The molecule has 1 aromatic carbocycles. The maximum Gasteiger partial charge on any atom is 0.339 e. The van der Waals surface area contributed by atoms with Crippen molar-refractivity contribution in [3.05, 3.63) is 24.3 Å². The van der Waals surface area contributed by atoms with Crippen LogP contribution in [0.15, 0.2) is 24.3 Å². The van der Waals surface area contributed by atoms with E-state index in [1.54, 1.807) is 52.1 Å². The number of aliphatic hydroxyl groups is 1. The summed E-state index contributed by atoms with van der Waals surface area (Å²) in [6, 6.07) is 7.05. The highest BCUT2D eigenvalue weighted by molar-refractivity contribution is 6.02. The first kappa shape index (κ1) is 24.1. The van der Waals surface area contributed by atoms with Crippen LogP contribution in [-0.4, -0.2) is 66.3 Å². The molecule has 0 spiro atoms. The SMILES string of the molecule is COC(C)(C)CCOc1ccccc1N1CCO[C@H]([C@@](O)(C(=O)O)C(C)(C)C)C1=O. The first-order valence-corrected chi connectivity index (χ1v) is 10.0. The lowest BCUT2D eigenvalue weighted by atomic mass is 9.72. The Kier molecular flexibility index (Phi) is 7.16. The van der Waals surface area contributed by atoms with Gasteiger partial charge in [-0.15, -0.1) is 0 Å². The van der Waals surface area contributed by atoms with Crippen molar-refractivity contribution in [1.29, 1.82) is 0 Å². The predicted octanol–water partition coefficient (Wildman–Crippen LogP) is 2.47. The van der Waals surface area contributed by atoms with Crippen molar-refractivity contribution in [2.24, 2.45) is 5.41 Å². The van der Waals surface area contributed by atoms with E-state index in [1.165, 1.54) is 4.90 Å². The Morgan fingerprint density at radius 3 is 2.43 bits per heavy atom. The van der Waals surface area contributed by atoms with Gasteiger partial charge in [-0.2, -0.15) is 0 Å². The van der Waals surface area contributed by atoms with Crippen LogP contribution in [0, 0.1) is 5.41 Å². The molecule has 0 radical (unpaired) electrons. The molecular formula is C22H33NO7. The molecule has 168 valence electrons. The number of anilines is 1. The number of amides is 1. The van der Waals surface area contributed by atoms with Crippen LogP contribution in [0.25, 0.3) is 0 Å². The van der Waals surface area contributed by atoms with Gasteiger partial charge in [0.2, 0.25) is 5.60 Å². The van der Waals surface area contributed by atoms with Crippen LogP contribution in [0.3, 0.4) is 0 Å². The molecule has 0 saturated carbocycles. The second-order valence-electron chi connectivity index (χ2n) is 9.09. The van der Waals surface area contributed by atoms with Crippen molar-refractivity contribution >= 4 is 17.6 Å². The summed E-state index contributed by atoms with van der Waals surface area (Å²) in [5, 5.41) is 20.7. The van der Waals surface area contributed by atoms with Gasteiger partial charge in [-0.05, 0) is 26.0 Å². The van der Waals surface area contributed by atoms with E-state index in [1.807, 2.05) is 13.8 Å². The lowest BCUT2D eigenvalue weighted by Crippen LogP contribution is -2.66. The van der Waals surface area contributed by atoms with E-state index < -0.39 is 29.0 Å². The highest BCUT2D eigenvalue weighted by Gasteiger charge is 2.59. The zero-order valence-corrected chi connectivity index (χ0v) is 18.6. The number of ether oxygens (including phenoxy) is 3. The molecule has 0 bridgehead atoms. The first-order chi connectivity index (χ1) is 13.8. The summed E-state index contributed by atoms with van der Waals surface area (Å²) in [5.41, 5.74) is -3.36. The minimum Gasteiger partial charge on any atom is -0.491 e. The molecule has 0 aromatic heterocycles. The predicted molar refractivity (Wildman–Crippen MR) is 112 cm³/mol. The molecule has 1 amide bonds. The van der Waals surface area contributed by atoms with E-state index >= 15 is 0 Å². The molecule has 1 aromatic rings. The molecular weight excluding hydrogens is 390 g/mol. The summed E-state index contributed by atoms with van der Waals surface area (Å²) in [5.74, 6) is -1.62. The molecule has 1 aliphatic heterocycles. The number of benzene rings is 1. The largest absolute Gasteiger partial charge is 0.491 e. The average Bonchev–Trinajstić information content (AvgIpc) is 2.67. The minimum absolute atomic E-state index is 0.0904. The van der Waals surface area contributed by atoms with Crippen molar-refractivity contribution < 1.29 is 34.0 Å². The van der Waals surface area contributed by atoms with E-state index in [4.69, 9.17) is 14.2 Å². The summed E-state index contributed by atoms with van der Waals surface area (Å²) < 4.78 is 16.8. The minimum atomic E-state index is -2.39. The fraction of sp³-hybridized carbons (Fsp3) is 0.636. The van der Waals surface area contributed by atoms with Crippen LogP contribution in [0.5, 0.6) is 5.75 Å². The number of carbonyl (C=O) groups is 2. The number of para-hydroxylation sites is 2. The molecule has 8 nitrogen and oxygen atoms in total. The first-order valence-electron chi connectivity index (χ1n) is 10.0. The van der Waals surface area contributed by atoms with Crippen molar-refractivity contribution in [3.8, 4) is 5.75 Å². The lowest BCUT2D eigenvalue weighted by molar-refractivity contribution is -0.203. The van der Waals surface area contributed by atoms with Gasteiger partial charge in [-0.3, -0.25) is 4.79 Å². The Balaban J connectivity index is 2.30. The Morgan fingerprint density at radius 1 is 1.23 bits per heavy atom. The van der Waals surface area contributed by atoms with Gasteiger partial charge in [0, 0.05) is 25.5 Å². The Hall–Kier alpha value is -2.16. The topological polar surface area (TPSA) is 106 Å². The number of carboxylic acids is 1. The summed E-state index contributed by atoms with van der Waals surface area (Å²) in [6.07, 6.45) is -0.899. The molecule has 0 aliphatic carbocycles. The standard InChI is InChI=1S/C22H33NO7/c1-20(2,3)22(27,19(25)26)17-18(24)23(12-14-30-17)15-9-7-8-10-16(15)29-13-11-21(4,5)28-6/h7-10,17,27H,11-14H2,1-6H3,(H,25,26)/t17-,22+/m0/s1. The Bertz CT molecular complexity index is 771. The van der Waals surface area contributed by atoms with E-state index in [0.29, 0.717) is 24.5 Å². The van der Waals surface area contributed by atoms with Gasteiger partial charge in [-0.1, -0.05) is 32.9 Å². The van der Waals surface area contributed by atoms with Crippen molar-refractivity contribution in [1.82, 2.24) is 0 Å². The number of morpholine rings is 1. The zero-order valence-electron chi connectivity index (χ0n) is 18.6. The van der Waals surface area contributed by atoms with E-state index in [9.17, 15) is 19.8 Å². The third-order valence-corrected chi connectivity index (χ3v) is 5.61. The van der Waals surface area contributed by atoms with Gasteiger partial charge in [-0.25, -0.2) is 4.79 Å². The van der Waals surface area contributed by atoms with Crippen molar-refractivity contribution in [2.75, 3.05) is 31.8 Å². The average molecular weight is 424 g/mol. The highest BCUT2D eigenvalue weighted by Crippen LogP contribution is 2.39. The van der Waals surface area contributed by atoms with Crippen LogP contribution in [0.1, 0.15) is 41.0 Å². The summed E-state index contributed by atoms with van der Waals surface area (Å²) >= 11 is 0. The Morgan fingerprint density at radius 2 is 1.87 bits per heavy atom. The lowest BCUT2D eigenvalue weighted by Gasteiger charge is -2.44. The molecule has 1 heterocycles. The zero-order chi connectivity index (χ0) is 22.7. The number of hydrogen-bond acceptors (Lipinski definition) is 6. The van der Waals surface area contributed by atoms with Gasteiger partial charge < -0.3 is 29.3 Å². The number of carboxylic acid groups (broad SMARTS) is 1. The third kappa shape index (κ3) is 4.77. The molecule has 1 aliphatic rings. The normalized spacial score (nSPS) is 20.0. The van der Waals surface area contributed by atoms with Crippen LogP contribution in [0.4, 0.5) is 5.69 Å². The van der Waals surface area contributed by atoms with Crippen LogP contribution >= 0.6 is 0 Å². The van der Waals surface area contributed by atoms with Crippen molar-refractivity contribution in [2.45, 2.75) is 58.3 Å². The summed E-state index contributed by atoms with van der Waals surface area (Å²) in [7, 11) is 1.64. The number of methoxy groups -OCH3 is 1. The van der Waals surface area contributed by atoms with Gasteiger partial charge in [0.1, 0.15) is 5.75 Å². The van der Waals surface area contributed by atoms with E-state index in [2.05, 4.69) is 0 Å². The van der Waals surface area contributed by atoms with Crippen LogP contribution in [-0.2, 0) is 19.1 Å². The second-order valence-corrected chi connectivity index (χ2v) is 9.09.